The molecule has 5 nitrogen and oxygen atoms in total. The number of Topliss-reactive ketones (excluding diaryl/α,β-unsaturated/α-hetero) is 1. The number of nitrogens with two attached hydrogens (primary N) is 1. The summed E-state index contributed by atoms with van der Waals surface area (Å²) < 4.78 is 1.61. The zero-order chi connectivity index (χ0) is 12.6. The van der Waals surface area contributed by atoms with E-state index in [1.54, 1.807) is 11.7 Å². The maximum Gasteiger partial charge on any atom is 0.147 e. The second-order valence-corrected chi connectivity index (χ2v) is 5.25. The van der Waals surface area contributed by atoms with E-state index in [0.717, 1.165) is 0 Å². The van der Waals surface area contributed by atoms with Crippen molar-refractivity contribution >= 4 is 5.78 Å². The first-order chi connectivity index (χ1) is 7.16. The van der Waals surface area contributed by atoms with E-state index in [0.29, 0.717) is 5.82 Å². The summed E-state index contributed by atoms with van der Waals surface area (Å²) in [4.78, 5) is 16.2. The predicted molar refractivity (Wildman–Crippen MR) is 61.8 cm³/mol. The molecule has 5 heteroatoms. The summed E-state index contributed by atoms with van der Waals surface area (Å²) in [6, 6.07) is 0. The number of nitrogens with zero attached hydrogens (tertiary/aromatic N) is 3. The number of carbonyl (C=O) groups is 1. The Kier molecular flexibility index (Phi) is 3.19. The van der Waals surface area contributed by atoms with Crippen LogP contribution < -0.4 is 5.73 Å². The van der Waals surface area contributed by atoms with Gasteiger partial charge in [0.2, 0.25) is 0 Å². The molecule has 2 N–H and O–H groups in total. The Hall–Kier alpha value is -1.23. The van der Waals surface area contributed by atoms with Crippen molar-refractivity contribution in [1.82, 2.24) is 14.8 Å². The van der Waals surface area contributed by atoms with E-state index in [2.05, 4.69) is 10.1 Å². The fourth-order valence-electron chi connectivity index (χ4n) is 1.20. The van der Waals surface area contributed by atoms with Crippen LogP contribution in [-0.2, 0) is 18.3 Å². The standard InChI is InChI=1S/C11H20N4O/c1-10(2,11(3,4)12)8(16)6-9-13-7-14-15(9)5/h7H,6,12H2,1-5H3. The lowest BCUT2D eigenvalue weighted by molar-refractivity contribution is -0.129. The highest BCUT2D eigenvalue weighted by Crippen LogP contribution is 2.30. The molecule has 0 saturated carbocycles. The van der Waals surface area contributed by atoms with Crippen LogP contribution in [0.4, 0.5) is 0 Å². The fourth-order valence-corrected chi connectivity index (χ4v) is 1.20. The lowest BCUT2D eigenvalue weighted by atomic mass is 9.71. The van der Waals surface area contributed by atoms with Crippen LogP contribution in [0, 0.1) is 5.41 Å². The molecular formula is C11H20N4O. The van der Waals surface area contributed by atoms with Crippen LogP contribution in [0.25, 0.3) is 0 Å². The minimum atomic E-state index is -0.584. The molecule has 0 aliphatic heterocycles. The third-order valence-electron chi connectivity index (χ3n) is 3.43. The Balaban J connectivity index is 2.85. The largest absolute Gasteiger partial charge is 0.325 e. The summed E-state index contributed by atoms with van der Waals surface area (Å²) in [5.74, 6) is 0.749. The molecule has 0 atom stereocenters. The molecule has 0 radical (unpaired) electrons. The van der Waals surface area contributed by atoms with Crippen molar-refractivity contribution in [2.75, 3.05) is 0 Å². The highest BCUT2D eigenvalue weighted by molar-refractivity contribution is 5.86. The van der Waals surface area contributed by atoms with Crippen LogP contribution in [0.15, 0.2) is 6.33 Å². The number of rotatable bonds is 4. The first kappa shape index (κ1) is 12.8. The summed E-state index contributed by atoms with van der Waals surface area (Å²) in [5.41, 5.74) is 4.88. The van der Waals surface area contributed by atoms with E-state index in [1.807, 2.05) is 27.7 Å². The van der Waals surface area contributed by atoms with Gasteiger partial charge >= 0.3 is 0 Å². The number of ketones is 1. The highest BCUT2D eigenvalue weighted by Gasteiger charge is 2.40. The van der Waals surface area contributed by atoms with Gasteiger partial charge in [0.15, 0.2) is 0 Å². The van der Waals surface area contributed by atoms with E-state index in [1.165, 1.54) is 6.33 Å². The van der Waals surface area contributed by atoms with Gasteiger partial charge < -0.3 is 5.73 Å². The van der Waals surface area contributed by atoms with Gasteiger partial charge in [-0.05, 0) is 13.8 Å². The number of aromatic nitrogens is 3. The molecule has 1 aromatic rings. The molecule has 0 aromatic carbocycles. The average molecular weight is 224 g/mol. The van der Waals surface area contributed by atoms with Gasteiger partial charge in [-0.15, -0.1) is 0 Å². The van der Waals surface area contributed by atoms with Gasteiger partial charge in [0.25, 0.3) is 0 Å². The third-order valence-corrected chi connectivity index (χ3v) is 3.43. The smallest absolute Gasteiger partial charge is 0.147 e. The fraction of sp³-hybridized carbons (Fsp3) is 0.727. The predicted octanol–water partition coefficient (Wildman–Crippen LogP) is 0.690. The Labute approximate surface area is 96.0 Å². The molecule has 1 rings (SSSR count). The molecule has 0 aliphatic carbocycles. The SMILES string of the molecule is Cn1ncnc1CC(=O)C(C)(C)C(C)(C)N. The van der Waals surface area contributed by atoms with Crippen molar-refractivity contribution in [1.29, 1.82) is 0 Å². The van der Waals surface area contributed by atoms with Gasteiger partial charge in [-0.2, -0.15) is 5.10 Å². The average Bonchev–Trinajstić information content (AvgIpc) is 2.49. The molecule has 0 spiro atoms. The summed E-state index contributed by atoms with van der Waals surface area (Å²) in [5, 5.41) is 3.94. The maximum atomic E-state index is 12.2. The Bertz CT molecular complexity index is 387. The monoisotopic (exact) mass is 224 g/mol. The molecule has 0 bridgehead atoms. The Morgan fingerprint density at radius 2 is 2.00 bits per heavy atom. The van der Waals surface area contributed by atoms with Gasteiger partial charge in [-0.3, -0.25) is 9.48 Å². The second kappa shape index (κ2) is 3.97. The molecule has 0 saturated heterocycles. The molecule has 1 heterocycles. The summed E-state index contributed by atoms with van der Waals surface area (Å²) in [6.45, 7) is 7.46. The summed E-state index contributed by atoms with van der Waals surface area (Å²) >= 11 is 0. The van der Waals surface area contributed by atoms with Crippen molar-refractivity contribution in [3.05, 3.63) is 12.2 Å². The quantitative estimate of drug-likeness (QED) is 0.816. The summed E-state index contributed by atoms with van der Waals surface area (Å²) in [6.07, 6.45) is 1.72. The number of hydrogen-bond acceptors (Lipinski definition) is 4. The molecule has 0 amide bonds. The van der Waals surface area contributed by atoms with E-state index in [-0.39, 0.29) is 12.2 Å². The Morgan fingerprint density at radius 3 is 2.38 bits per heavy atom. The molecule has 16 heavy (non-hydrogen) atoms. The maximum absolute atomic E-state index is 12.2. The topological polar surface area (TPSA) is 73.8 Å². The zero-order valence-corrected chi connectivity index (χ0v) is 10.6. The van der Waals surface area contributed by atoms with E-state index in [4.69, 9.17) is 5.73 Å². The highest BCUT2D eigenvalue weighted by atomic mass is 16.1. The number of carbonyl (C=O) groups excluding carboxylic acids is 1. The van der Waals surface area contributed by atoms with Crippen molar-refractivity contribution in [3.8, 4) is 0 Å². The van der Waals surface area contributed by atoms with Crippen molar-refractivity contribution < 1.29 is 4.79 Å². The van der Waals surface area contributed by atoms with E-state index < -0.39 is 11.0 Å². The number of hydrogen-bond donors (Lipinski definition) is 1. The lowest BCUT2D eigenvalue weighted by Crippen LogP contribution is -2.52. The van der Waals surface area contributed by atoms with Crippen LogP contribution in [0.5, 0.6) is 0 Å². The van der Waals surface area contributed by atoms with Crippen LogP contribution in [0.1, 0.15) is 33.5 Å². The van der Waals surface area contributed by atoms with Crippen LogP contribution in [0.2, 0.25) is 0 Å². The number of aryl methyl sites for hydroxylation is 1. The second-order valence-electron chi connectivity index (χ2n) is 5.25. The van der Waals surface area contributed by atoms with Crippen LogP contribution in [-0.4, -0.2) is 26.1 Å². The molecule has 0 unspecified atom stereocenters. The lowest BCUT2D eigenvalue weighted by Gasteiger charge is -2.36. The van der Waals surface area contributed by atoms with Gasteiger partial charge in [0.1, 0.15) is 17.9 Å². The van der Waals surface area contributed by atoms with Gasteiger partial charge in [-0.25, -0.2) is 4.98 Å². The zero-order valence-electron chi connectivity index (χ0n) is 10.6. The first-order valence-electron chi connectivity index (χ1n) is 5.31. The van der Waals surface area contributed by atoms with Crippen molar-refractivity contribution in [2.45, 2.75) is 39.7 Å². The third kappa shape index (κ3) is 2.29. The van der Waals surface area contributed by atoms with E-state index in [9.17, 15) is 4.79 Å². The Morgan fingerprint density at radius 1 is 1.44 bits per heavy atom. The van der Waals surface area contributed by atoms with Crippen molar-refractivity contribution in [3.63, 3.8) is 0 Å². The first-order valence-corrected chi connectivity index (χ1v) is 5.31. The van der Waals surface area contributed by atoms with Gasteiger partial charge in [0.05, 0.1) is 6.42 Å². The molecule has 0 fully saturated rings. The van der Waals surface area contributed by atoms with Crippen LogP contribution in [0.3, 0.4) is 0 Å². The van der Waals surface area contributed by atoms with Gasteiger partial charge in [-0.1, -0.05) is 13.8 Å². The minimum Gasteiger partial charge on any atom is -0.325 e. The molecule has 90 valence electrons. The van der Waals surface area contributed by atoms with E-state index >= 15 is 0 Å². The molecule has 0 aliphatic rings. The van der Waals surface area contributed by atoms with Gasteiger partial charge in [0, 0.05) is 18.0 Å². The van der Waals surface area contributed by atoms with Crippen LogP contribution >= 0.6 is 0 Å². The normalized spacial score (nSPS) is 12.9. The minimum absolute atomic E-state index is 0.0797. The summed E-state index contributed by atoms with van der Waals surface area (Å²) in [7, 11) is 1.77. The molecule has 1 aromatic heterocycles. The molecular weight excluding hydrogens is 204 g/mol. The van der Waals surface area contributed by atoms with Crippen molar-refractivity contribution in [2.24, 2.45) is 18.2 Å².